The molecule has 0 atom stereocenters. The quantitative estimate of drug-likeness (QED) is 0.476. The van der Waals surface area contributed by atoms with Crippen molar-refractivity contribution in [2.45, 2.75) is 6.42 Å². The summed E-state index contributed by atoms with van der Waals surface area (Å²) in [4.78, 5) is 0. The van der Waals surface area contributed by atoms with Gasteiger partial charge in [-0.1, -0.05) is 35.0 Å². The summed E-state index contributed by atoms with van der Waals surface area (Å²) in [6.45, 7) is 0.854. The summed E-state index contributed by atoms with van der Waals surface area (Å²) in [5.41, 5.74) is 6.78. The second kappa shape index (κ2) is 5.87. The fraction of sp³-hybridized carbons (Fsp3) is 0.273. The van der Waals surface area contributed by atoms with E-state index in [1.165, 1.54) is 0 Å². The van der Waals surface area contributed by atoms with Gasteiger partial charge in [0.1, 0.15) is 0 Å². The van der Waals surface area contributed by atoms with E-state index < -0.39 is 0 Å². The predicted molar refractivity (Wildman–Crippen MR) is 66.3 cm³/mol. The van der Waals surface area contributed by atoms with E-state index in [0.717, 1.165) is 13.0 Å². The first-order valence-corrected chi connectivity index (χ1v) is 5.28. The minimum Gasteiger partial charge on any atom is -0.397 e. The monoisotopic (exact) mass is 242 g/mol. The summed E-state index contributed by atoms with van der Waals surface area (Å²) in [6.07, 6.45) is 0.773. The highest BCUT2D eigenvalue weighted by molar-refractivity contribution is 6.35. The number of nitrogens with two attached hydrogens (primary N) is 1. The topological polar surface area (TPSA) is 38.0 Å². The van der Waals surface area contributed by atoms with Gasteiger partial charge in [-0.15, -0.1) is 0 Å². The second-order valence-electron chi connectivity index (χ2n) is 3.01. The molecule has 15 heavy (non-hydrogen) atoms. The van der Waals surface area contributed by atoms with E-state index in [4.69, 9.17) is 28.9 Å². The Labute approximate surface area is 99.8 Å². The van der Waals surface area contributed by atoms with E-state index in [1.54, 1.807) is 12.1 Å². The molecule has 0 amide bonds. The molecule has 0 aliphatic heterocycles. The van der Waals surface area contributed by atoms with Gasteiger partial charge in [-0.3, -0.25) is 0 Å². The molecule has 1 aromatic rings. The van der Waals surface area contributed by atoms with Gasteiger partial charge in [0.15, 0.2) is 0 Å². The first kappa shape index (κ1) is 12.2. The maximum absolute atomic E-state index is 5.96. The molecule has 0 fully saturated rings. The van der Waals surface area contributed by atoms with Gasteiger partial charge in [-0.05, 0) is 19.2 Å². The maximum atomic E-state index is 5.96. The Balaban J connectivity index is 2.84. The average molecular weight is 243 g/mol. The van der Waals surface area contributed by atoms with Crippen molar-refractivity contribution >= 4 is 28.9 Å². The zero-order valence-electron chi connectivity index (χ0n) is 8.40. The van der Waals surface area contributed by atoms with Crippen LogP contribution in [0.5, 0.6) is 0 Å². The molecule has 0 saturated heterocycles. The lowest BCUT2D eigenvalue weighted by Crippen LogP contribution is -2.05. The average Bonchev–Trinajstić information content (AvgIpc) is 2.20. The van der Waals surface area contributed by atoms with E-state index in [-0.39, 0.29) is 0 Å². The zero-order chi connectivity index (χ0) is 11.3. The molecule has 1 aromatic carbocycles. The highest BCUT2D eigenvalue weighted by Crippen LogP contribution is 2.26. The lowest BCUT2D eigenvalue weighted by Gasteiger charge is -2.00. The van der Waals surface area contributed by atoms with Crippen molar-refractivity contribution in [3.05, 3.63) is 27.7 Å². The summed E-state index contributed by atoms with van der Waals surface area (Å²) >= 11 is 11.8. The Morgan fingerprint density at radius 3 is 2.73 bits per heavy atom. The Morgan fingerprint density at radius 2 is 2.07 bits per heavy atom. The molecular formula is C11H12Cl2N2. The molecule has 0 aromatic heterocycles. The molecule has 0 spiro atoms. The Hall–Kier alpha value is -0.880. The molecule has 4 heteroatoms. The molecule has 1 rings (SSSR count). The Morgan fingerprint density at radius 1 is 1.33 bits per heavy atom. The van der Waals surface area contributed by atoms with Gasteiger partial charge >= 0.3 is 0 Å². The van der Waals surface area contributed by atoms with E-state index in [2.05, 4.69) is 17.2 Å². The number of rotatable bonds is 2. The normalized spacial score (nSPS) is 9.53. The van der Waals surface area contributed by atoms with Crippen molar-refractivity contribution in [2.75, 3.05) is 19.3 Å². The van der Waals surface area contributed by atoms with Crippen LogP contribution in [0.15, 0.2) is 12.1 Å². The number of hydrogen-bond acceptors (Lipinski definition) is 2. The second-order valence-corrected chi connectivity index (χ2v) is 3.82. The molecule has 0 radical (unpaired) electrons. The summed E-state index contributed by atoms with van der Waals surface area (Å²) in [5.74, 6) is 5.95. The third-order valence-electron chi connectivity index (χ3n) is 1.81. The molecule has 0 bridgehead atoms. The van der Waals surface area contributed by atoms with Gasteiger partial charge in [-0.2, -0.15) is 0 Å². The van der Waals surface area contributed by atoms with Crippen LogP contribution in [0.2, 0.25) is 10.0 Å². The molecule has 80 valence electrons. The zero-order valence-corrected chi connectivity index (χ0v) is 9.91. The van der Waals surface area contributed by atoms with Gasteiger partial charge in [-0.25, -0.2) is 0 Å². The van der Waals surface area contributed by atoms with Crippen molar-refractivity contribution in [3.8, 4) is 11.8 Å². The van der Waals surface area contributed by atoms with Crippen molar-refractivity contribution in [2.24, 2.45) is 0 Å². The lowest BCUT2D eigenvalue weighted by molar-refractivity contribution is 0.818. The van der Waals surface area contributed by atoms with E-state index in [9.17, 15) is 0 Å². The smallest absolute Gasteiger partial charge is 0.0648 e. The molecule has 0 saturated carbocycles. The molecule has 3 N–H and O–H groups in total. The van der Waals surface area contributed by atoms with Crippen LogP contribution in [-0.2, 0) is 0 Å². The fourth-order valence-electron chi connectivity index (χ4n) is 1.00. The van der Waals surface area contributed by atoms with Crippen molar-refractivity contribution in [1.82, 2.24) is 5.32 Å². The summed E-state index contributed by atoms with van der Waals surface area (Å²) in [5, 5.41) is 4.03. The number of anilines is 1. The molecule has 0 unspecified atom stereocenters. The summed E-state index contributed by atoms with van der Waals surface area (Å²) in [7, 11) is 1.88. The molecule has 0 aliphatic carbocycles. The van der Waals surface area contributed by atoms with Gasteiger partial charge in [0.05, 0.1) is 15.7 Å². The fourth-order valence-corrected chi connectivity index (χ4v) is 1.39. The maximum Gasteiger partial charge on any atom is 0.0648 e. The number of hydrogen-bond donors (Lipinski definition) is 2. The minimum atomic E-state index is 0.474. The van der Waals surface area contributed by atoms with Crippen molar-refractivity contribution < 1.29 is 0 Å². The van der Waals surface area contributed by atoms with Crippen LogP contribution >= 0.6 is 23.2 Å². The third-order valence-corrected chi connectivity index (χ3v) is 2.45. The van der Waals surface area contributed by atoms with Gasteiger partial charge in [0.2, 0.25) is 0 Å². The Bertz CT molecular complexity index is 405. The number of halogens is 2. The lowest BCUT2D eigenvalue weighted by atomic mass is 10.2. The van der Waals surface area contributed by atoms with E-state index in [1.807, 2.05) is 7.05 Å². The van der Waals surface area contributed by atoms with Crippen LogP contribution in [0.1, 0.15) is 12.0 Å². The van der Waals surface area contributed by atoms with Gasteiger partial charge < -0.3 is 11.1 Å². The van der Waals surface area contributed by atoms with Crippen molar-refractivity contribution in [1.29, 1.82) is 0 Å². The van der Waals surface area contributed by atoms with Crippen LogP contribution in [-0.4, -0.2) is 13.6 Å². The van der Waals surface area contributed by atoms with E-state index in [0.29, 0.717) is 21.3 Å². The minimum absolute atomic E-state index is 0.474. The van der Waals surface area contributed by atoms with Gasteiger partial charge in [0.25, 0.3) is 0 Å². The molecule has 0 heterocycles. The number of nitrogens with one attached hydrogen (secondary N) is 1. The van der Waals surface area contributed by atoms with Crippen LogP contribution < -0.4 is 11.1 Å². The van der Waals surface area contributed by atoms with Crippen LogP contribution in [0.3, 0.4) is 0 Å². The van der Waals surface area contributed by atoms with E-state index >= 15 is 0 Å². The number of benzene rings is 1. The highest BCUT2D eigenvalue weighted by Gasteiger charge is 2.02. The summed E-state index contributed by atoms with van der Waals surface area (Å²) < 4.78 is 0. The Kier molecular flexibility index (Phi) is 4.77. The standard InChI is InChI=1S/C11H12Cl2N2/c1-15-5-3-2-4-8-6-10(13)11(14)7-9(8)12/h6-7,15H,3,5,14H2,1H3. The predicted octanol–water partition coefficient (Wildman–Crippen LogP) is 2.54. The SMILES string of the molecule is CNCCC#Cc1cc(Cl)c(N)cc1Cl. The third kappa shape index (κ3) is 3.64. The highest BCUT2D eigenvalue weighted by atomic mass is 35.5. The van der Waals surface area contributed by atoms with Crippen LogP contribution in [0, 0.1) is 11.8 Å². The van der Waals surface area contributed by atoms with Crippen molar-refractivity contribution in [3.63, 3.8) is 0 Å². The number of nitrogen functional groups attached to an aromatic ring is 1. The first-order chi connectivity index (χ1) is 7.15. The van der Waals surface area contributed by atoms with Crippen LogP contribution in [0.4, 0.5) is 5.69 Å². The molecular weight excluding hydrogens is 231 g/mol. The van der Waals surface area contributed by atoms with Crippen LogP contribution in [0.25, 0.3) is 0 Å². The van der Waals surface area contributed by atoms with Gasteiger partial charge in [0, 0.05) is 18.5 Å². The first-order valence-electron chi connectivity index (χ1n) is 4.53. The summed E-state index contributed by atoms with van der Waals surface area (Å²) in [6, 6.07) is 3.30. The molecule has 2 nitrogen and oxygen atoms in total. The molecule has 0 aliphatic rings. The largest absolute Gasteiger partial charge is 0.397 e.